The standard InChI is InChI=1S/C21H33N3O3S/c1-17-13-18(2)15-23(14-17)16-21(25)22-19-7-9-20(10-8-19)28(26,27)24-11-5-3-4-6-12-24/h7-10,17-18H,3-6,11-16H2,1-2H3,(H,22,25)/t17-,18+. The van der Waals surface area contributed by atoms with E-state index in [0.29, 0.717) is 42.1 Å². The van der Waals surface area contributed by atoms with Gasteiger partial charge in [0, 0.05) is 31.9 Å². The van der Waals surface area contributed by atoms with Crippen LogP contribution in [0.5, 0.6) is 0 Å². The van der Waals surface area contributed by atoms with Crippen molar-refractivity contribution in [1.82, 2.24) is 9.21 Å². The van der Waals surface area contributed by atoms with E-state index in [9.17, 15) is 13.2 Å². The number of anilines is 1. The van der Waals surface area contributed by atoms with Gasteiger partial charge in [-0.1, -0.05) is 26.7 Å². The molecule has 0 aromatic heterocycles. The molecule has 6 nitrogen and oxygen atoms in total. The van der Waals surface area contributed by atoms with Crippen molar-refractivity contribution in [2.24, 2.45) is 11.8 Å². The summed E-state index contributed by atoms with van der Waals surface area (Å²) < 4.78 is 27.2. The van der Waals surface area contributed by atoms with Crippen molar-refractivity contribution in [2.75, 3.05) is 38.0 Å². The van der Waals surface area contributed by atoms with Crippen molar-refractivity contribution in [2.45, 2.75) is 50.8 Å². The van der Waals surface area contributed by atoms with Crippen LogP contribution in [0.25, 0.3) is 0 Å². The van der Waals surface area contributed by atoms with Crippen molar-refractivity contribution < 1.29 is 13.2 Å². The third kappa shape index (κ3) is 5.55. The first kappa shape index (κ1) is 21.3. The van der Waals surface area contributed by atoms with E-state index in [0.717, 1.165) is 38.8 Å². The van der Waals surface area contributed by atoms with E-state index < -0.39 is 10.0 Å². The van der Waals surface area contributed by atoms with Crippen LogP contribution in [-0.2, 0) is 14.8 Å². The number of piperidine rings is 1. The minimum absolute atomic E-state index is 0.0515. The van der Waals surface area contributed by atoms with Crippen LogP contribution in [0.1, 0.15) is 46.0 Å². The molecule has 28 heavy (non-hydrogen) atoms. The fraction of sp³-hybridized carbons (Fsp3) is 0.667. The highest BCUT2D eigenvalue weighted by Gasteiger charge is 2.25. The third-order valence-corrected chi connectivity index (χ3v) is 7.57. The normalized spacial score (nSPS) is 25.2. The maximum atomic E-state index is 12.8. The number of nitrogens with one attached hydrogen (secondary N) is 1. The van der Waals surface area contributed by atoms with Gasteiger partial charge < -0.3 is 5.32 Å². The summed E-state index contributed by atoms with van der Waals surface area (Å²) in [6.07, 6.45) is 5.23. The highest BCUT2D eigenvalue weighted by Crippen LogP contribution is 2.23. The van der Waals surface area contributed by atoms with Gasteiger partial charge in [-0.25, -0.2) is 8.42 Å². The summed E-state index contributed by atoms with van der Waals surface area (Å²) in [6.45, 7) is 7.91. The van der Waals surface area contributed by atoms with Gasteiger partial charge in [-0.2, -0.15) is 4.31 Å². The molecule has 0 radical (unpaired) electrons. The Bertz CT molecular complexity index is 746. The van der Waals surface area contributed by atoms with Gasteiger partial charge >= 0.3 is 0 Å². The second-order valence-electron chi connectivity index (χ2n) is 8.53. The molecular formula is C21H33N3O3S. The van der Waals surface area contributed by atoms with Gasteiger partial charge in [0.05, 0.1) is 11.4 Å². The van der Waals surface area contributed by atoms with Gasteiger partial charge in [-0.15, -0.1) is 0 Å². The molecule has 1 aromatic rings. The second kappa shape index (κ2) is 9.37. The van der Waals surface area contributed by atoms with Crippen LogP contribution < -0.4 is 5.32 Å². The highest BCUT2D eigenvalue weighted by molar-refractivity contribution is 7.89. The number of hydrogen-bond donors (Lipinski definition) is 1. The summed E-state index contributed by atoms with van der Waals surface area (Å²) in [4.78, 5) is 14.9. The predicted octanol–water partition coefficient (Wildman–Crippen LogP) is 3.17. The van der Waals surface area contributed by atoms with Gasteiger partial charge in [0.15, 0.2) is 0 Å². The summed E-state index contributed by atoms with van der Waals surface area (Å²) in [6, 6.07) is 6.57. The fourth-order valence-electron chi connectivity index (χ4n) is 4.47. The maximum Gasteiger partial charge on any atom is 0.243 e. The average molecular weight is 408 g/mol. The lowest BCUT2D eigenvalue weighted by Gasteiger charge is -2.34. The Hall–Kier alpha value is -1.44. The fourth-order valence-corrected chi connectivity index (χ4v) is 5.98. The lowest BCUT2D eigenvalue weighted by molar-refractivity contribution is -0.117. The number of sulfonamides is 1. The lowest BCUT2D eigenvalue weighted by atomic mass is 9.92. The molecule has 0 spiro atoms. The van der Waals surface area contributed by atoms with E-state index >= 15 is 0 Å². The topological polar surface area (TPSA) is 69.7 Å². The molecule has 0 bridgehead atoms. The SMILES string of the molecule is C[C@@H]1C[C@H](C)CN(CC(=O)Nc2ccc(S(=O)(=O)N3CCCCCC3)cc2)C1. The molecule has 0 unspecified atom stereocenters. The third-order valence-electron chi connectivity index (χ3n) is 5.65. The summed E-state index contributed by atoms with van der Waals surface area (Å²) in [5.41, 5.74) is 0.637. The Morgan fingerprint density at radius 3 is 2.14 bits per heavy atom. The minimum atomic E-state index is -3.45. The van der Waals surface area contributed by atoms with E-state index in [4.69, 9.17) is 0 Å². The predicted molar refractivity (Wildman–Crippen MR) is 112 cm³/mol. The van der Waals surface area contributed by atoms with Crippen LogP contribution in [0.15, 0.2) is 29.2 Å². The summed E-state index contributed by atoms with van der Waals surface area (Å²) in [5, 5.41) is 2.90. The highest BCUT2D eigenvalue weighted by atomic mass is 32.2. The summed E-state index contributed by atoms with van der Waals surface area (Å²) in [7, 11) is -3.45. The van der Waals surface area contributed by atoms with Crippen LogP contribution in [0.3, 0.4) is 0 Å². The van der Waals surface area contributed by atoms with Crippen LogP contribution >= 0.6 is 0 Å². The largest absolute Gasteiger partial charge is 0.325 e. The Balaban J connectivity index is 1.58. The molecule has 2 saturated heterocycles. The number of carbonyl (C=O) groups is 1. The molecule has 156 valence electrons. The van der Waals surface area contributed by atoms with Gasteiger partial charge in [-0.3, -0.25) is 9.69 Å². The Kier molecular flexibility index (Phi) is 7.12. The monoisotopic (exact) mass is 407 g/mol. The second-order valence-corrected chi connectivity index (χ2v) is 10.5. The quantitative estimate of drug-likeness (QED) is 0.814. The Labute approximate surface area is 169 Å². The molecule has 2 aliphatic rings. The number of amides is 1. The smallest absolute Gasteiger partial charge is 0.243 e. The first-order chi connectivity index (χ1) is 13.3. The molecule has 0 aliphatic carbocycles. The first-order valence-corrected chi connectivity index (χ1v) is 11.9. The van der Waals surface area contributed by atoms with E-state index in [2.05, 4.69) is 24.1 Å². The zero-order valence-electron chi connectivity index (χ0n) is 17.1. The molecular weight excluding hydrogens is 374 g/mol. The van der Waals surface area contributed by atoms with Gasteiger partial charge in [0.2, 0.25) is 15.9 Å². The Morgan fingerprint density at radius 1 is 1.00 bits per heavy atom. The summed E-state index contributed by atoms with van der Waals surface area (Å²) in [5.74, 6) is 1.17. The number of benzene rings is 1. The molecule has 7 heteroatoms. The van der Waals surface area contributed by atoms with E-state index in [-0.39, 0.29) is 5.91 Å². The molecule has 0 saturated carbocycles. The molecule has 2 atom stereocenters. The van der Waals surface area contributed by atoms with Crippen LogP contribution in [0.4, 0.5) is 5.69 Å². The van der Waals surface area contributed by atoms with E-state index in [1.54, 1.807) is 28.6 Å². The molecule has 1 N–H and O–H groups in total. The van der Waals surface area contributed by atoms with Gasteiger partial charge in [-0.05, 0) is 55.4 Å². The number of nitrogens with zero attached hydrogens (tertiary/aromatic N) is 2. The maximum absolute atomic E-state index is 12.8. The number of carbonyl (C=O) groups excluding carboxylic acids is 1. The lowest BCUT2D eigenvalue weighted by Crippen LogP contribution is -2.42. The van der Waals surface area contributed by atoms with Crippen molar-refractivity contribution in [3.8, 4) is 0 Å². The number of hydrogen-bond acceptors (Lipinski definition) is 4. The minimum Gasteiger partial charge on any atom is -0.325 e. The Morgan fingerprint density at radius 2 is 1.57 bits per heavy atom. The van der Waals surface area contributed by atoms with Crippen molar-refractivity contribution in [1.29, 1.82) is 0 Å². The van der Waals surface area contributed by atoms with Gasteiger partial charge in [0.25, 0.3) is 0 Å². The molecule has 2 fully saturated rings. The van der Waals surface area contributed by atoms with E-state index in [1.165, 1.54) is 6.42 Å². The summed E-state index contributed by atoms with van der Waals surface area (Å²) >= 11 is 0. The van der Waals surface area contributed by atoms with Crippen LogP contribution in [0.2, 0.25) is 0 Å². The van der Waals surface area contributed by atoms with Crippen molar-refractivity contribution >= 4 is 21.6 Å². The van der Waals surface area contributed by atoms with E-state index in [1.807, 2.05) is 0 Å². The zero-order valence-corrected chi connectivity index (χ0v) is 17.9. The first-order valence-electron chi connectivity index (χ1n) is 10.5. The average Bonchev–Trinajstić information content (AvgIpc) is 2.91. The molecule has 2 aliphatic heterocycles. The van der Waals surface area contributed by atoms with Crippen LogP contribution in [-0.4, -0.2) is 56.3 Å². The van der Waals surface area contributed by atoms with Crippen molar-refractivity contribution in [3.05, 3.63) is 24.3 Å². The molecule has 2 heterocycles. The van der Waals surface area contributed by atoms with Crippen molar-refractivity contribution in [3.63, 3.8) is 0 Å². The number of likely N-dealkylation sites (tertiary alicyclic amines) is 1. The zero-order chi connectivity index (χ0) is 20.1. The van der Waals surface area contributed by atoms with Gasteiger partial charge in [0.1, 0.15) is 0 Å². The number of rotatable bonds is 5. The molecule has 1 amide bonds. The molecule has 1 aromatic carbocycles. The molecule has 3 rings (SSSR count). The van der Waals surface area contributed by atoms with Crippen LogP contribution in [0, 0.1) is 11.8 Å².